The van der Waals surface area contributed by atoms with Crippen LogP contribution in [0, 0.1) is 0 Å². The molecule has 0 bridgehead atoms. The molecule has 0 saturated heterocycles. The molecule has 1 aliphatic rings. The van der Waals surface area contributed by atoms with Crippen molar-refractivity contribution in [2.45, 2.75) is 44.2 Å². The zero-order chi connectivity index (χ0) is 19.8. The second-order valence-corrected chi connectivity index (χ2v) is 8.53. The van der Waals surface area contributed by atoms with Gasteiger partial charge in [-0.2, -0.15) is 0 Å². The van der Waals surface area contributed by atoms with Crippen molar-refractivity contribution >= 4 is 32.3 Å². The van der Waals surface area contributed by atoms with Crippen LogP contribution in [0.25, 0.3) is 15.9 Å². The van der Waals surface area contributed by atoms with E-state index in [0.717, 1.165) is 58.8 Å². The Labute approximate surface area is 172 Å². The summed E-state index contributed by atoms with van der Waals surface area (Å²) in [5.41, 5.74) is 3.96. The van der Waals surface area contributed by atoms with Crippen molar-refractivity contribution in [1.29, 1.82) is 0 Å². The molecule has 8 heteroatoms. The molecule has 1 aliphatic carbocycles. The van der Waals surface area contributed by atoms with Crippen LogP contribution in [0.15, 0.2) is 36.5 Å². The van der Waals surface area contributed by atoms with Gasteiger partial charge in [0, 0.05) is 12.5 Å². The van der Waals surface area contributed by atoms with Crippen LogP contribution in [0.4, 0.5) is 5.13 Å². The molecule has 5 rings (SSSR count). The third-order valence-electron chi connectivity index (χ3n) is 5.49. The van der Waals surface area contributed by atoms with Gasteiger partial charge in [0.25, 0.3) is 0 Å². The third-order valence-corrected chi connectivity index (χ3v) is 6.44. The number of methoxy groups -OCH3 is 1. The summed E-state index contributed by atoms with van der Waals surface area (Å²) >= 11 is 1.64. The van der Waals surface area contributed by atoms with Crippen LogP contribution in [0.3, 0.4) is 0 Å². The average Bonchev–Trinajstić information content (AvgIpc) is 3.32. The fourth-order valence-corrected chi connectivity index (χ4v) is 4.91. The molecule has 3 heterocycles. The van der Waals surface area contributed by atoms with Crippen LogP contribution in [0.5, 0.6) is 5.88 Å². The molecule has 150 valence electrons. The maximum atomic E-state index is 10.2. The molecule has 0 aliphatic heterocycles. The van der Waals surface area contributed by atoms with E-state index < -0.39 is 0 Å². The van der Waals surface area contributed by atoms with Crippen molar-refractivity contribution in [1.82, 2.24) is 19.6 Å². The predicted molar refractivity (Wildman–Crippen MR) is 114 cm³/mol. The SMILES string of the molecule is COc1ccc2ncc(Cc3ccc4nc(N[C@@H]5CCCC[C@H]5O)sc4c3)n2n1. The van der Waals surface area contributed by atoms with Crippen LogP contribution in [-0.4, -0.2) is 43.9 Å². The van der Waals surface area contributed by atoms with E-state index in [1.54, 1.807) is 18.4 Å². The number of rotatable bonds is 5. The van der Waals surface area contributed by atoms with Crippen molar-refractivity contribution in [3.05, 3.63) is 47.8 Å². The number of hydrogen-bond acceptors (Lipinski definition) is 7. The fourth-order valence-electron chi connectivity index (χ4n) is 3.92. The Balaban J connectivity index is 1.39. The van der Waals surface area contributed by atoms with Gasteiger partial charge < -0.3 is 15.2 Å². The van der Waals surface area contributed by atoms with Crippen LogP contribution in [0.1, 0.15) is 36.9 Å². The molecule has 1 aromatic carbocycles. The number of benzene rings is 1. The number of hydrogen-bond donors (Lipinski definition) is 2. The number of nitrogens with one attached hydrogen (secondary N) is 1. The van der Waals surface area contributed by atoms with Gasteiger partial charge >= 0.3 is 0 Å². The normalized spacial score (nSPS) is 19.7. The number of nitrogens with zero attached hydrogens (tertiary/aromatic N) is 4. The Kier molecular flexibility index (Phi) is 4.81. The summed E-state index contributed by atoms with van der Waals surface area (Å²) in [5, 5.41) is 19.0. The summed E-state index contributed by atoms with van der Waals surface area (Å²) < 4.78 is 8.20. The Morgan fingerprint density at radius 1 is 1.24 bits per heavy atom. The van der Waals surface area contributed by atoms with Crippen LogP contribution in [0.2, 0.25) is 0 Å². The van der Waals surface area contributed by atoms with Crippen LogP contribution < -0.4 is 10.1 Å². The minimum Gasteiger partial charge on any atom is -0.480 e. The first-order valence-electron chi connectivity index (χ1n) is 9.91. The molecule has 0 radical (unpaired) electrons. The van der Waals surface area contributed by atoms with E-state index in [1.165, 1.54) is 5.56 Å². The summed E-state index contributed by atoms with van der Waals surface area (Å²) in [6, 6.07) is 10.1. The predicted octanol–water partition coefficient (Wildman–Crippen LogP) is 3.65. The van der Waals surface area contributed by atoms with Gasteiger partial charge in [-0.05, 0) is 36.6 Å². The lowest BCUT2D eigenvalue weighted by Crippen LogP contribution is -2.36. The van der Waals surface area contributed by atoms with Gasteiger partial charge in [-0.25, -0.2) is 14.5 Å². The zero-order valence-corrected chi connectivity index (χ0v) is 17.0. The number of thiazole rings is 1. The number of aliphatic hydroxyl groups excluding tert-OH is 1. The molecule has 0 spiro atoms. The lowest BCUT2D eigenvalue weighted by Gasteiger charge is -2.27. The van der Waals surface area contributed by atoms with Gasteiger partial charge in [-0.1, -0.05) is 30.2 Å². The standard InChI is InChI=1S/C21H23N5O2S/c1-28-20-9-8-19-22-12-14(26(19)25-20)10-13-6-7-16-18(11-13)29-21(24-16)23-15-4-2-3-5-17(15)27/h6-9,11-12,15,17,27H,2-5,10H2,1H3,(H,23,24)/t15-,17-/m1/s1. The third kappa shape index (κ3) is 3.65. The molecule has 1 saturated carbocycles. The van der Waals surface area contributed by atoms with Crippen LogP contribution in [-0.2, 0) is 6.42 Å². The Morgan fingerprint density at radius 2 is 2.14 bits per heavy atom. The molecule has 2 N–H and O–H groups in total. The van der Waals surface area contributed by atoms with Gasteiger partial charge in [0.1, 0.15) is 0 Å². The quantitative estimate of drug-likeness (QED) is 0.523. The van der Waals surface area contributed by atoms with Gasteiger partial charge in [0.2, 0.25) is 5.88 Å². The number of anilines is 1. The number of aliphatic hydroxyl groups is 1. The topological polar surface area (TPSA) is 84.6 Å². The van der Waals surface area contributed by atoms with Gasteiger partial charge in [-0.3, -0.25) is 0 Å². The van der Waals surface area contributed by atoms with Gasteiger partial charge in [-0.15, -0.1) is 5.10 Å². The number of ether oxygens (including phenoxy) is 1. The largest absolute Gasteiger partial charge is 0.480 e. The highest BCUT2D eigenvalue weighted by atomic mass is 32.1. The number of aromatic nitrogens is 4. The summed E-state index contributed by atoms with van der Waals surface area (Å²) in [7, 11) is 1.61. The molecule has 4 aromatic rings. The fraction of sp³-hybridized carbons (Fsp3) is 0.381. The molecule has 3 aromatic heterocycles. The van der Waals surface area contributed by atoms with Gasteiger partial charge in [0.05, 0.1) is 41.4 Å². The Hall–Kier alpha value is -2.71. The minimum absolute atomic E-state index is 0.1000. The molecule has 7 nitrogen and oxygen atoms in total. The van der Waals surface area contributed by atoms with Crippen molar-refractivity contribution in [3.8, 4) is 5.88 Å². The van der Waals surface area contributed by atoms with E-state index in [1.807, 2.05) is 22.8 Å². The highest BCUT2D eigenvalue weighted by Gasteiger charge is 2.23. The maximum absolute atomic E-state index is 10.2. The van der Waals surface area contributed by atoms with Gasteiger partial charge in [0.15, 0.2) is 10.8 Å². The molecule has 29 heavy (non-hydrogen) atoms. The van der Waals surface area contributed by atoms with E-state index in [0.29, 0.717) is 5.88 Å². The van der Waals surface area contributed by atoms with E-state index in [9.17, 15) is 5.11 Å². The average molecular weight is 410 g/mol. The van der Waals surface area contributed by atoms with Crippen molar-refractivity contribution in [2.24, 2.45) is 0 Å². The summed E-state index contributed by atoms with van der Waals surface area (Å²) in [4.78, 5) is 9.13. The second-order valence-electron chi connectivity index (χ2n) is 7.50. The highest BCUT2D eigenvalue weighted by Crippen LogP contribution is 2.30. The first-order valence-corrected chi connectivity index (χ1v) is 10.7. The minimum atomic E-state index is -0.286. The Bertz CT molecular complexity index is 1150. The maximum Gasteiger partial charge on any atom is 0.231 e. The smallest absolute Gasteiger partial charge is 0.231 e. The number of imidazole rings is 1. The summed E-state index contributed by atoms with van der Waals surface area (Å²) in [5.74, 6) is 0.565. The van der Waals surface area contributed by atoms with E-state index >= 15 is 0 Å². The second kappa shape index (κ2) is 7.61. The summed E-state index contributed by atoms with van der Waals surface area (Å²) in [6.07, 6.45) is 6.41. The first-order chi connectivity index (χ1) is 14.2. The van der Waals surface area contributed by atoms with E-state index in [2.05, 4.69) is 33.6 Å². The van der Waals surface area contributed by atoms with E-state index in [-0.39, 0.29) is 12.1 Å². The lowest BCUT2D eigenvalue weighted by atomic mass is 9.93. The lowest BCUT2D eigenvalue weighted by molar-refractivity contribution is 0.116. The van der Waals surface area contributed by atoms with Crippen molar-refractivity contribution in [2.75, 3.05) is 12.4 Å². The molecular weight excluding hydrogens is 386 g/mol. The number of fused-ring (bicyclic) bond motifs is 2. The summed E-state index contributed by atoms with van der Waals surface area (Å²) in [6.45, 7) is 0. The molecule has 0 amide bonds. The van der Waals surface area contributed by atoms with E-state index in [4.69, 9.17) is 9.72 Å². The zero-order valence-electron chi connectivity index (χ0n) is 16.2. The molecule has 1 fully saturated rings. The van der Waals surface area contributed by atoms with Crippen molar-refractivity contribution < 1.29 is 9.84 Å². The molecule has 0 unspecified atom stereocenters. The monoisotopic (exact) mass is 409 g/mol. The molecule has 2 atom stereocenters. The first kappa shape index (κ1) is 18.3. The van der Waals surface area contributed by atoms with Crippen LogP contribution >= 0.6 is 11.3 Å². The highest BCUT2D eigenvalue weighted by molar-refractivity contribution is 7.22. The molecular formula is C21H23N5O2S. The Morgan fingerprint density at radius 3 is 3.00 bits per heavy atom. The van der Waals surface area contributed by atoms with Crippen molar-refractivity contribution in [3.63, 3.8) is 0 Å².